The first-order valence-electron chi connectivity index (χ1n) is 7.42. The van der Waals surface area contributed by atoms with Crippen LogP contribution in [-0.2, 0) is 19.6 Å². The van der Waals surface area contributed by atoms with Gasteiger partial charge in [-0.2, -0.15) is 0 Å². The second kappa shape index (κ2) is 6.33. The van der Waals surface area contributed by atoms with E-state index in [4.69, 9.17) is 9.15 Å². The van der Waals surface area contributed by atoms with Gasteiger partial charge in [0.25, 0.3) is 0 Å². The van der Waals surface area contributed by atoms with Crippen molar-refractivity contribution in [1.82, 2.24) is 10.2 Å². The molecular weight excluding hydrogens is 264 g/mol. The largest absolute Gasteiger partial charge is 0.492 e. The van der Waals surface area contributed by atoms with Crippen LogP contribution in [0.2, 0.25) is 0 Å². The second-order valence-corrected chi connectivity index (χ2v) is 5.49. The lowest BCUT2D eigenvalue weighted by Gasteiger charge is -2.17. The summed E-state index contributed by atoms with van der Waals surface area (Å²) in [5.74, 6) is 3.04. The average molecular weight is 286 g/mol. The van der Waals surface area contributed by atoms with Gasteiger partial charge in [0.2, 0.25) is 0 Å². The van der Waals surface area contributed by atoms with Gasteiger partial charge in [-0.3, -0.25) is 4.90 Å². The molecule has 0 bridgehead atoms. The molecule has 2 aromatic rings. The Morgan fingerprint density at radius 2 is 2.14 bits per heavy atom. The van der Waals surface area contributed by atoms with E-state index in [1.54, 1.807) is 0 Å². The van der Waals surface area contributed by atoms with Gasteiger partial charge in [-0.1, -0.05) is 18.2 Å². The third-order valence-corrected chi connectivity index (χ3v) is 3.85. The number of ether oxygens (including phenoxy) is 1. The summed E-state index contributed by atoms with van der Waals surface area (Å²) in [6, 6.07) is 10.4. The SMILES string of the molecule is CNCc1cc(CN2CCOc3ccccc3C2)oc1C. The number of para-hydroxylation sites is 1. The van der Waals surface area contributed by atoms with E-state index in [1.165, 1.54) is 11.1 Å². The molecule has 0 saturated heterocycles. The zero-order chi connectivity index (χ0) is 14.7. The summed E-state index contributed by atoms with van der Waals surface area (Å²) in [7, 11) is 1.95. The number of rotatable bonds is 4. The fraction of sp³-hybridized carbons (Fsp3) is 0.412. The summed E-state index contributed by atoms with van der Waals surface area (Å²) in [4.78, 5) is 2.37. The van der Waals surface area contributed by atoms with Crippen LogP contribution in [0.3, 0.4) is 0 Å². The van der Waals surface area contributed by atoms with Crippen molar-refractivity contribution in [3.63, 3.8) is 0 Å². The van der Waals surface area contributed by atoms with Crippen molar-refractivity contribution in [2.24, 2.45) is 0 Å². The molecule has 21 heavy (non-hydrogen) atoms. The van der Waals surface area contributed by atoms with Crippen LogP contribution in [0.15, 0.2) is 34.7 Å². The molecule has 112 valence electrons. The Balaban J connectivity index is 1.72. The minimum Gasteiger partial charge on any atom is -0.492 e. The van der Waals surface area contributed by atoms with E-state index in [1.807, 2.05) is 26.1 Å². The van der Waals surface area contributed by atoms with Gasteiger partial charge in [-0.25, -0.2) is 0 Å². The van der Waals surface area contributed by atoms with E-state index < -0.39 is 0 Å². The van der Waals surface area contributed by atoms with Crippen LogP contribution in [0, 0.1) is 6.92 Å². The van der Waals surface area contributed by atoms with Crippen LogP contribution >= 0.6 is 0 Å². The maximum absolute atomic E-state index is 5.88. The minimum absolute atomic E-state index is 0.722. The number of furan rings is 1. The predicted molar refractivity (Wildman–Crippen MR) is 82.3 cm³/mol. The topological polar surface area (TPSA) is 37.6 Å². The van der Waals surface area contributed by atoms with Gasteiger partial charge < -0.3 is 14.5 Å². The highest BCUT2D eigenvalue weighted by molar-refractivity contribution is 5.33. The quantitative estimate of drug-likeness (QED) is 0.938. The molecule has 4 heteroatoms. The van der Waals surface area contributed by atoms with E-state index in [9.17, 15) is 0 Å². The summed E-state index contributed by atoms with van der Waals surface area (Å²) in [5.41, 5.74) is 2.48. The minimum atomic E-state index is 0.722. The lowest BCUT2D eigenvalue weighted by Crippen LogP contribution is -2.25. The monoisotopic (exact) mass is 286 g/mol. The molecule has 1 aromatic heterocycles. The molecule has 4 nitrogen and oxygen atoms in total. The molecule has 2 heterocycles. The third-order valence-electron chi connectivity index (χ3n) is 3.85. The Hall–Kier alpha value is -1.78. The fourth-order valence-corrected chi connectivity index (χ4v) is 2.77. The molecule has 1 aliphatic heterocycles. The maximum Gasteiger partial charge on any atom is 0.123 e. The van der Waals surface area contributed by atoms with E-state index in [2.05, 4.69) is 28.4 Å². The molecule has 0 spiro atoms. The number of fused-ring (bicyclic) bond motifs is 1. The normalized spacial score (nSPS) is 15.3. The van der Waals surface area contributed by atoms with Gasteiger partial charge in [0.1, 0.15) is 23.9 Å². The van der Waals surface area contributed by atoms with Crippen LogP contribution in [-0.4, -0.2) is 25.1 Å². The third kappa shape index (κ3) is 3.28. The Morgan fingerprint density at radius 1 is 1.29 bits per heavy atom. The molecule has 1 N–H and O–H groups in total. The predicted octanol–water partition coefficient (Wildman–Crippen LogP) is 2.70. The number of hydrogen-bond donors (Lipinski definition) is 1. The van der Waals surface area contributed by atoms with Crippen molar-refractivity contribution in [3.05, 3.63) is 53.0 Å². The van der Waals surface area contributed by atoms with Crippen molar-refractivity contribution < 1.29 is 9.15 Å². The van der Waals surface area contributed by atoms with Gasteiger partial charge in [0.15, 0.2) is 0 Å². The number of hydrogen-bond acceptors (Lipinski definition) is 4. The maximum atomic E-state index is 5.88. The highest BCUT2D eigenvalue weighted by Crippen LogP contribution is 2.24. The van der Waals surface area contributed by atoms with Crippen molar-refractivity contribution in [2.75, 3.05) is 20.2 Å². The van der Waals surface area contributed by atoms with E-state index in [0.717, 1.165) is 50.1 Å². The summed E-state index contributed by atoms with van der Waals surface area (Å²) >= 11 is 0. The highest BCUT2D eigenvalue weighted by Gasteiger charge is 2.17. The van der Waals surface area contributed by atoms with E-state index in [-0.39, 0.29) is 0 Å². The Labute approximate surface area is 125 Å². The Morgan fingerprint density at radius 3 is 3.00 bits per heavy atom. The molecule has 0 aliphatic carbocycles. The van der Waals surface area contributed by atoms with Gasteiger partial charge in [-0.15, -0.1) is 0 Å². The number of nitrogens with one attached hydrogen (secondary N) is 1. The van der Waals surface area contributed by atoms with Crippen molar-refractivity contribution in [3.8, 4) is 5.75 Å². The molecular formula is C17H22N2O2. The van der Waals surface area contributed by atoms with Crippen LogP contribution in [0.4, 0.5) is 0 Å². The molecule has 0 unspecified atom stereocenters. The smallest absolute Gasteiger partial charge is 0.123 e. The van der Waals surface area contributed by atoms with Gasteiger partial charge in [-0.05, 0) is 26.1 Å². The molecule has 3 rings (SSSR count). The van der Waals surface area contributed by atoms with Crippen LogP contribution < -0.4 is 10.1 Å². The van der Waals surface area contributed by atoms with Crippen LogP contribution in [0.25, 0.3) is 0 Å². The number of nitrogens with zero attached hydrogens (tertiary/aromatic N) is 1. The standard InChI is InChI=1S/C17H22N2O2/c1-13-15(10-18-2)9-16(21-13)12-19-7-8-20-17-6-4-3-5-14(17)11-19/h3-6,9,18H,7-8,10-12H2,1-2H3. The summed E-state index contributed by atoms with van der Waals surface area (Å²) in [6.07, 6.45) is 0. The molecule has 0 saturated carbocycles. The van der Waals surface area contributed by atoms with Crippen LogP contribution in [0.5, 0.6) is 5.75 Å². The molecule has 0 fully saturated rings. The molecule has 1 aliphatic rings. The molecule has 0 atom stereocenters. The van der Waals surface area contributed by atoms with Gasteiger partial charge in [0, 0.05) is 30.8 Å². The molecule has 0 amide bonds. The first-order valence-corrected chi connectivity index (χ1v) is 7.42. The summed E-state index contributed by atoms with van der Waals surface area (Å²) in [5, 5.41) is 3.17. The summed E-state index contributed by atoms with van der Waals surface area (Å²) in [6.45, 7) is 6.23. The zero-order valence-electron chi connectivity index (χ0n) is 12.7. The number of benzene rings is 1. The molecule has 1 aromatic carbocycles. The zero-order valence-corrected chi connectivity index (χ0v) is 12.7. The van der Waals surface area contributed by atoms with Crippen LogP contribution in [0.1, 0.15) is 22.6 Å². The lowest BCUT2D eigenvalue weighted by atomic mass is 10.2. The first kappa shape index (κ1) is 14.2. The first-order chi connectivity index (χ1) is 10.3. The van der Waals surface area contributed by atoms with E-state index in [0.29, 0.717) is 0 Å². The highest BCUT2D eigenvalue weighted by atomic mass is 16.5. The summed E-state index contributed by atoms with van der Waals surface area (Å²) < 4.78 is 11.7. The van der Waals surface area contributed by atoms with Crippen molar-refractivity contribution >= 4 is 0 Å². The van der Waals surface area contributed by atoms with Gasteiger partial charge in [0.05, 0.1) is 6.54 Å². The van der Waals surface area contributed by atoms with E-state index >= 15 is 0 Å². The average Bonchev–Trinajstić information content (AvgIpc) is 2.70. The Kier molecular flexibility index (Phi) is 4.27. The fourth-order valence-electron chi connectivity index (χ4n) is 2.77. The van der Waals surface area contributed by atoms with Crippen molar-refractivity contribution in [2.45, 2.75) is 26.6 Å². The number of aryl methyl sites for hydroxylation is 1. The van der Waals surface area contributed by atoms with Gasteiger partial charge >= 0.3 is 0 Å². The lowest BCUT2D eigenvalue weighted by molar-refractivity contribution is 0.206. The Bertz CT molecular complexity index is 607. The second-order valence-electron chi connectivity index (χ2n) is 5.49. The molecule has 0 radical (unpaired) electrons. The van der Waals surface area contributed by atoms with Crippen molar-refractivity contribution in [1.29, 1.82) is 0 Å².